The van der Waals surface area contributed by atoms with Crippen LogP contribution in [0.15, 0.2) is 5.38 Å². The van der Waals surface area contributed by atoms with E-state index in [-0.39, 0.29) is 29.1 Å². The number of hydrogen-bond donors (Lipinski definition) is 1. The molecular weight excluding hydrogens is 365 g/mol. The van der Waals surface area contributed by atoms with Gasteiger partial charge in [-0.3, -0.25) is 0 Å². The summed E-state index contributed by atoms with van der Waals surface area (Å²) in [5.41, 5.74) is 0.865. The fourth-order valence-corrected chi connectivity index (χ4v) is 3.48. The lowest BCUT2D eigenvalue weighted by molar-refractivity contribution is -0.0361. The van der Waals surface area contributed by atoms with Crippen molar-refractivity contribution in [1.82, 2.24) is 15.0 Å². The van der Waals surface area contributed by atoms with Crippen LogP contribution < -0.4 is 5.32 Å². The molecule has 1 fully saturated rings. The van der Waals surface area contributed by atoms with E-state index in [0.29, 0.717) is 29.5 Å². The molecule has 2 aromatic heterocycles. The van der Waals surface area contributed by atoms with E-state index < -0.39 is 5.92 Å². The minimum Gasteiger partial charge on any atom is -0.366 e. The molecule has 1 aliphatic carbocycles. The van der Waals surface area contributed by atoms with Crippen molar-refractivity contribution in [2.24, 2.45) is 0 Å². The van der Waals surface area contributed by atoms with E-state index in [1.165, 1.54) is 11.3 Å². The van der Waals surface area contributed by atoms with E-state index in [9.17, 15) is 8.78 Å². The molecule has 0 saturated heterocycles. The van der Waals surface area contributed by atoms with Crippen molar-refractivity contribution in [3.63, 3.8) is 0 Å². The highest BCUT2D eigenvalue weighted by Crippen LogP contribution is 2.36. The Bertz CT molecular complexity index is 713. The number of alkyl halides is 2. The Kier molecular flexibility index (Phi) is 4.71. The molecule has 0 aliphatic heterocycles. The van der Waals surface area contributed by atoms with Gasteiger partial charge in [0.15, 0.2) is 21.8 Å². The van der Waals surface area contributed by atoms with Crippen molar-refractivity contribution in [2.45, 2.75) is 44.6 Å². The van der Waals surface area contributed by atoms with Gasteiger partial charge in [0, 0.05) is 30.0 Å². The number of aromatic nitrogens is 3. The van der Waals surface area contributed by atoms with Crippen molar-refractivity contribution >= 4 is 40.4 Å². The summed E-state index contributed by atoms with van der Waals surface area (Å²) in [5, 5.41) is 5.96. The first-order valence-electron chi connectivity index (χ1n) is 7.14. The van der Waals surface area contributed by atoms with Crippen molar-refractivity contribution < 1.29 is 8.78 Å². The Balaban J connectivity index is 1.83. The van der Waals surface area contributed by atoms with Crippen LogP contribution >= 0.6 is 34.5 Å². The largest absolute Gasteiger partial charge is 0.366 e. The molecule has 0 bridgehead atoms. The summed E-state index contributed by atoms with van der Waals surface area (Å²) in [6.45, 7) is 1.87. The molecule has 1 saturated carbocycles. The Labute approximate surface area is 146 Å². The highest BCUT2D eigenvalue weighted by Gasteiger charge is 2.35. The normalized spacial score (nSPS) is 18.1. The van der Waals surface area contributed by atoms with Gasteiger partial charge < -0.3 is 5.32 Å². The van der Waals surface area contributed by atoms with Crippen LogP contribution in [0.4, 0.5) is 14.6 Å². The molecule has 1 aliphatic rings. The Morgan fingerprint density at radius 3 is 2.52 bits per heavy atom. The van der Waals surface area contributed by atoms with E-state index in [1.54, 1.807) is 0 Å². The maximum Gasteiger partial charge on any atom is 0.248 e. The van der Waals surface area contributed by atoms with Crippen LogP contribution in [0.1, 0.15) is 31.4 Å². The predicted octanol–water partition coefficient (Wildman–Crippen LogP) is 5.21. The van der Waals surface area contributed by atoms with E-state index in [1.807, 2.05) is 12.3 Å². The zero-order valence-corrected chi connectivity index (χ0v) is 14.6. The molecule has 2 heterocycles. The van der Waals surface area contributed by atoms with Gasteiger partial charge in [-0.25, -0.2) is 23.7 Å². The molecule has 0 radical (unpaired) electrons. The van der Waals surface area contributed by atoms with Crippen LogP contribution in [0.25, 0.3) is 10.8 Å². The zero-order chi connectivity index (χ0) is 16.6. The van der Waals surface area contributed by atoms with Gasteiger partial charge in [0.1, 0.15) is 5.02 Å². The Morgan fingerprint density at radius 2 is 1.91 bits per heavy atom. The van der Waals surface area contributed by atoms with Crippen LogP contribution in [0, 0.1) is 6.92 Å². The third kappa shape index (κ3) is 3.89. The van der Waals surface area contributed by atoms with Gasteiger partial charge in [-0.1, -0.05) is 23.2 Å². The number of thiazole rings is 1. The molecule has 2 aromatic rings. The van der Waals surface area contributed by atoms with Crippen LogP contribution in [0.3, 0.4) is 0 Å². The fourth-order valence-electron chi connectivity index (χ4n) is 2.45. The Hall–Kier alpha value is -1.05. The van der Waals surface area contributed by atoms with Gasteiger partial charge in [0.05, 0.1) is 0 Å². The molecule has 4 nitrogen and oxygen atoms in total. The first-order chi connectivity index (χ1) is 10.8. The summed E-state index contributed by atoms with van der Waals surface area (Å²) in [4.78, 5) is 12.8. The third-order valence-electron chi connectivity index (χ3n) is 3.68. The molecule has 0 spiro atoms. The van der Waals surface area contributed by atoms with Gasteiger partial charge >= 0.3 is 0 Å². The number of nitrogens with one attached hydrogen (secondary N) is 1. The summed E-state index contributed by atoms with van der Waals surface area (Å²) in [7, 11) is 0. The number of anilines is 1. The van der Waals surface area contributed by atoms with E-state index in [2.05, 4.69) is 20.3 Å². The van der Waals surface area contributed by atoms with Gasteiger partial charge in [-0.15, -0.1) is 11.3 Å². The summed E-state index contributed by atoms with van der Waals surface area (Å²) in [5.74, 6) is -1.83. The second-order valence-corrected chi connectivity index (χ2v) is 7.16. The number of hydrogen-bond acceptors (Lipinski definition) is 5. The summed E-state index contributed by atoms with van der Waals surface area (Å²) in [6.07, 6.45) is 0.437. The SMILES string of the molecule is Cc1csc(-c2nc(Cl)c(Cl)c(NC3CCC(F)(F)CC3)n2)n1. The van der Waals surface area contributed by atoms with Crippen molar-refractivity contribution in [2.75, 3.05) is 5.32 Å². The minimum atomic E-state index is -2.57. The molecule has 23 heavy (non-hydrogen) atoms. The molecule has 9 heteroatoms. The number of rotatable bonds is 3. The van der Waals surface area contributed by atoms with Gasteiger partial charge in [-0.05, 0) is 19.8 Å². The second kappa shape index (κ2) is 6.45. The van der Waals surface area contributed by atoms with Gasteiger partial charge in [0.2, 0.25) is 5.92 Å². The highest BCUT2D eigenvalue weighted by molar-refractivity contribution is 7.13. The van der Waals surface area contributed by atoms with Crippen molar-refractivity contribution in [3.05, 3.63) is 21.2 Å². The molecule has 0 unspecified atom stereocenters. The highest BCUT2D eigenvalue weighted by atomic mass is 35.5. The van der Waals surface area contributed by atoms with Gasteiger partial charge in [-0.2, -0.15) is 0 Å². The number of nitrogens with zero attached hydrogens (tertiary/aromatic N) is 3. The average Bonchev–Trinajstić information content (AvgIpc) is 2.92. The van der Waals surface area contributed by atoms with Crippen LogP contribution in [-0.2, 0) is 0 Å². The lowest BCUT2D eigenvalue weighted by atomic mass is 9.92. The standard InChI is InChI=1S/C14H14Cl2F2N4S/c1-7-6-23-13(19-7)12-21-10(16)9(15)11(22-12)20-8-2-4-14(17,18)5-3-8/h6,8H,2-5H2,1H3,(H,20,21,22). The molecule has 0 amide bonds. The predicted molar refractivity (Wildman–Crippen MR) is 88.7 cm³/mol. The first kappa shape index (κ1) is 16.8. The maximum atomic E-state index is 13.2. The zero-order valence-electron chi connectivity index (χ0n) is 12.2. The molecule has 3 rings (SSSR count). The van der Waals surface area contributed by atoms with E-state index >= 15 is 0 Å². The van der Waals surface area contributed by atoms with Gasteiger partial charge in [0.25, 0.3) is 0 Å². The van der Waals surface area contributed by atoms with E-state index in [0.717, 1.165) is 5.69 Å². The molecule has 0 atom stereocenters. The maximum absolute atomic E-state index is 13.2. The summed E-state index contributed by atoms with van der Waals surface area (Å²) in [6, 6.07) is -0.107. The van der Waals surface area contributed by atoms with Crippen molar-refractivity contribution in [3.8, 4) is 10.8 Å². The molecule has 124 valence electrons. The monoisotopic (exact) mass is 378 g/mol. The number of halogens is 4. The molecule has 1 N–H and O–H groups in total. The van der Waals surface area contributed by atoms with Crippen LogP contribution in [-0.4, -0.2) is 26.9 Å². The third-order valence-corrected chi connectivity index (χ3v) is 5.36. The van der Waals surface area contributed by atoms with Crippen LogP contribution in [0.5, 0.6) is 0 Å². The van der Waals surface area contributed by atoms with Crippen LogP contribution in [0.2, 0.25) is 10.2 Å². The smallest absolute Gasteiger partial charge is 0.248 e. The first-order valence-corrected chi connectivity index (χ1v) is 8.77. The lowest BCUT2D eigenvalue weighted by Gasteiger charge is -2.29. The molecular formula is C14H14Cl2F2N4S. The fraction of sp³-hybridized carbons (Fsp3) is 0.500. The quantitative estimate of drug-likeness (QED) is 0.745. The summed E-state index contributed by atoms with van der Waals surface area (Å²) < 4.78 is 26.5. The Morgan fingerprint density at radius 1 is 1.22 bits per heavy atom. The average molecular weight is 379 g/mol. The minimum absolute atomic E-state index is 0.107. The van der Waals surface area contributed by atoms with Crippen molar-refractivity contribution in [1.29, 1.82) is 0 Å². The lowest BCUT2D eigenvalue weighted by Crippen LogP contribution is -2.32. The summed E-state index contributed by atoms with van der Waals surface area (Å²) >= 11 is 13.6. The van der Waals surface area contributed by atoms with E-state index in [4.69, 9.17) is 23.2 Å². The molecule has 0 aromatic carbocycles. The topological polar surface area (TPSA) is 50.7 Å². The second-order valence-electron chi connectivity index (χ2n) is 5.57. The number of aryl methyl sites for hydroxylation is 1.